The summed E-state index contributed by atoms with van der Waals surface area (Å²) in [4.78, 5) is 2.31. The summed E-state index contributed by atoms with van der Waals surface area (Å²) in [5.41, 5.74) is 10.6. The van der Waals surface area contributed by atoms with Crippen LogP contribution < -0.4 is 4.90 Å². The molecule has 0 spiro atoms. The van der Waals surface area contributed by atoms with Gasteiger partial charge in [-0.25, -0.2) is 0 Å². The highest BCUT2D eigenvalue weighted by atomic mass is 15.1. The number of hydrogen-bond donors (Lipinski definition) is 0. The number of fused-ring (bicyclic) bond motifs is 3. The molecule has 7 rings (SSSR count). The highest BCUT2D eigenvalue weighted by molar-refractivity contribution is 6.09. The Kier molecular flexibility index (Phi) is 6.42. The molecule has 0 unspecified atom stereocenters. The van der Waals surface area contributed by atoms with Crippen molar-refractivity contribution in [3.63, 3.8) is 0 Å². The van der Waals surface area contributed by atoms with E-state index in [9.17, 15) is 0 Å². The smallest absolute Gasteiger partial charge is 0.0541 e. The number of rotatable bonds is 6. The second kappa shape index (κ2) is 10.7. The van der Waals surface area contributed by atoms with E-state index in [1.807, 2.05) is 0 Å². The molecule has 0 aliphatic rings. The fraction of sp³-hybridized carbons (Fsp3) is 0.0256. The Morgan fingerprint density at radius 3 is 1.44 bits per heavy atom. The number of anilines is 3. The Morgan fingerprint density at radius 1 is 0.439 bits per heavy atom. The Bertz CT molecular complexity index is 1910. The molecular weight excluding hydrogens is 496 g/mol. The third kappa shape index (κ3) is 4.81. The van der Waals surface area contributed by atoms with Crippen LogP contribution in [0, 0.1) is 6.92 Å². The summed E-state index contributed by atoms with van der Waals surface area (Å²) < 4.78 is 2.36. The summed E-state index contributed by atoms with van der Waals surface area (Å²) in [6.45, 7) is 2.11. The van der Waals surface area contributed by atoms with Crippen LogP contribution in [0.5, 0.6) is 0 Å². The van der Waals surface area contributed by atoms with Gasteiger partial charge < -0.3 is 9.47 Å². The summed E-state index contributed by atoms with van der Waals surface area (Å²) in [6, 6.07) is 54.1. The van der Waals surface area contributed by atoms with Crippen LogP contribution in [0.1, 0.15) is 16.7 Å². The SMILES string of the molecule is Cc1ccc(/C=C/c2ccc(N(c3ccccc3)c3ccc(-n4c5ccccc5c5ccccc54)cc3)cc2)cc1. The Hall–Kier alpha value is -5.34. The molecule has 0 bridgehead atoms. The van der Waals surface area contributed by atoms with Gasteiger partial charge in [0.2, 0.25) is 0 Å². The summed E-state index contributed by atoms with van der Waals surface area (Å²) in [6.07, 6.45) is 4.33. The summed E-state index contributed by atoms with van der Waals surface area (Å²) in [5.74, 6) is 0. The molecule has 41 heavy (non-hydrogen) atoms. The van der Waals surface area contributed by atoms with Crippen LogP contribution in [-0.4, -0.2) is 4.57 Å². The molecule has 7 aromatic rings. The minimum atomic E-state index is 1.11. The number of nitrogens with zero attached hydrogens (tertiary/aromatic N) is 2. The number of para-hydroxylation sites is 3. The first kappa shape index (κ1) is 24.7. The van der Waals surface area contributed by atoms with Gasteiger partial charge in [-0.1, -0.05) is 109 Å². The normalized spacial score (nSPS) is 11.4. The van der Waals surface area contributed by atoms with Crippen molar-refractivity contribution >= 4 is 51.0 Å². The molecule has 0 amide bonds. The first-order chi connectivity index (χ1) is 20.2. The Morgan fingerprint density at radius 2 is 0.878 bits per heavy atom. The van der Waals surface area contributed by atoms with Gasteiger partial charge in [-0.15, -0.1) is 0 Å². The maximum atomic E-state index is 2.36. The second-order valence-corrected chi connectivity index (χ2v) is 10.4. The van der Waals surface area contributed by atoms with Gasteiger partial charge in [0, 0.05) is 33.5 Å². The topological polar surface area (TPSA) is 8.17 Å². The van der Waals surface area contributed by atoms with Gasteiger partial charge in [0.1, 0.15) is 0 Å². The number of benzene rings is 6. The van der Waals surface area contributed by atoms with E-state index in [0.717, 1.165) is 22.7 Å². The van der Waals surface area contributed by atoms with Crippen molar-refractivity contribution in [2.75, 3.05) is 4.90 Å². The first-order valence-corrected chi connectivity index (χ1v) is 14.0. The molecule has 0 fully saturated rings. The van der Waals surface area contributed by atoms with Crippen LogP contribution in [0.2, 0.25) is 0 Å². The minimum absolute atomic E-state index is 1.11. The van der Waals surface area contributed by atoms with E-state index < -0.39 is 0 Å². The minimum Gasteiger partial charge on any atom is -0.311 e. The zero-order valence-corrected chi connectivity index (χ0v) is 23.0. The third-order valence-corrected chi connectivity index (χ3v) is 7.66. The van der Waals surface area contributed by atoms with Crippen LogP contribution in [0.3, 0.4) is 0 Å². The third-order valence-electron chi connectivity index (χ3n) is 7.66. The lowest BCUT2D eigenvalue weighted by atomic mass is 10.1. The van der Waals surface area contributed by atoms with Crippen molar-refractivity contribution in [3.05, 3.63) is 168 Å². The van der Waals surface area contributed by atoms with Crippen molar-refractivity contribution in [2.45, 2.75) is 6.92 Å². The zero-order chi connectivity index (χ0) is 27.6. The average molecular weight is 527 g/mol. The molecule has 0 aliphatic heterocycles. The highest BCUT2D eigenvalue weighted by Crippen LogP contribution is 2.36. The van der Waals surface area contributed by atoms with Gasteiger partial charge in [0.25, 0.3) is 0 Å². The van der Waals surface area contributed by atoms with Crippen molar-refractivity contribution in [2.24, 2.45) is 0 Å². The van der Waals surface area contributed by atoms with E-state index in [4.69, 9.17) is 0 Å². The van der Waals surface area contributed by atoms with Crippen molar-refractivity contribution in [3.8, 4) is 5.69 Å². The molecule has 0 N–H and O–H groups in total. The molecule has 1 aromatic heterocycles. The average Bonchev–Trinajstić information content (AvgIpc) is 3.37. The summed E-state index contributed by atoms with van der Waals surface area (Å²) in [5, 5.41) is 2.55. The van der Waals surface area contributed by atoms with E-state index >= 15 is 0 Å². The van der Waals surface area contributed by atoms with Gasteiger partial charge in [-0.05, 0) is 78.7 Å². The molecule has 0 radical (unpaired) electrons. The largest absolute Gasteiger partial charge is 0.311 e. The Balaban J connectivity index is 1.25. The molecule has 196 valence electrons. The fourth-order valence-electron chi connectivity index (χ4n) is 5.58. The molecule has 2 nitrogen and oxygen atoms in total. The lowest BCUT2D eigenvalue weighted by Gasteiger charge is -2.26. The van der Waals surface area contributed by atoms with Gasteiger partial charge in [0.05, 0.1) is 11.0 Å². The molecule has 0 atom stereocenters. The van der Waals surface area contributed by atoms with Gasteiger partial charge >= 0.3 is 0 Å². The molecule has 0 saturated carbocycles. The molecule has 1 heterocycles. The van der Waals surface area contributed by atoms with Crippen molar-refractivity contribution < 1.29 is 0 Å². The Labute approximate surface area is 241 Å². The molecular formula is C39H30N2. The lowest BCUT2D eigenvalue weighted by Crippen LogP contribution is -2.10. The number of hydrogen-bond acceptors (Lipinski definition) is 1. The van der Waals surface area contributed by atoms with E-state index in [1.54, 1.807) is 0 Å². The predicted molar refractivity (Wildman–Crippen MR) is 176 cm³/mol. The monoisotopic (exact) mass is 526 g/mol. The maximum Gasteiger partial charge on any atom is 0.0541 e. The predicted octanol–water partition coefficient (Wildman–Crippen LogP) is 10.7. The van der Waals surface area contributed by atoms with Gasteiger partial charge in [-0.2, -0.15) is 0 Å². The molecule has 6 aromatic carbocycles. The first-order valence-electron chi connectivity index (χ1n) is 14.0. The number of aromatic nitrogens is 1. The lowest BCUT2D eigenvalue weighted by molar-refractivity contribution is 1.17. The van der Waals surface area contributed by atoms with Crippen LogP contribution in [0.25, 0.3) is 39.6 Å². The summed E-state index contributed by atoms with van der Waals surface area (Å²) >= 11 is 0. The van der Waals surface area contributed by atoms with Crippen LogP contribution in [-0.2, 0) is 0 Å². The highest BCUT2D eigenvalue weighted by Gasteiger charge is 2.14. The van der Waals surface area contributed by atoms with E-state index in [-0.39, 0.29) is 0 Å². The molecule has 0 aliphatic carbocycles. The standard InChI is InChI=1S/C39H30N2/c1-29-15-17-30(18-16-29)19-20-31-21-23-33(24-22-31)40(32-9-3-2-4-10-32)34-25-27-35(28-26-34)41-38-13-7-5-11-36(38)37-12-6-8-14-39(37)41/h2-28H,1H3/b20-19+. The van der Waals surface area contributed by atoms with Crippen molar-refractivity contribution in [1.29, 1.82) is 0 Å². The molecule has 0 saturated heterocycles. The van der Waals surface area contributed by atoms with E-state index in [2.05, 4.69) is 180 Å². The van der Waals surface area contributed by atoms with Gasteiger partial charge in [0.15, 0.2) is 0 Å². The number of aryl methyl sites for hydroxylation is 1. The second-order valence-electron chi connectivity index (χ2n) is 10.4. The zero-order valence-electron chi connectivity index (χ0n) is 23.0. The van der Waals surface area contributed by atoms with Crippen LogP contribution >= 0.6 is 0 Å². The van der Waals surface area contributed by atoms with Crippen LogP contribution in [0.15, 0.2) is 152 Å². The quantitative estimate of drug-likeness (QED) is 0.196. The van der Waals surface area contributed by atoms with Crippen LogP contribution in [0.4, 0.5) is 17.1 Å². The molecule has 2 heteroatoms. The summed E-state index contributed by atoms with van der Waals surface area (Å²) in [7, 11) is 0. The van der Waals surface area contributed by atoms with E-state index in [1.165, 1.54) is 38.5 Å². The maximum absolute atomic E-state index is 2.36. The fourth-order valence-corrected chi connectivity index (χ4v) is 5.58. The van der Waals surface area contributed by atoms with E-state index in [0.29, 0.717) is 0 Å². The van der Waals surface area contributed by atoms with Gasteiger partial charge in [-0.3, -0.25) is 0 Å². The van der Waals surface area contributed by atoms with Crippen molar-refractivity contribution in [1.82, 2.24) is 4.57 Å².